The first-order valence-electron chi connectivity index (χ1n) is 9.91. The SMILES string of the molecule is COc1cc(/C=N/N(CCN2CCOCC2)C2=NS(=O)(=O)c3ccccc32)ccc1O.Cl. The quantitative estimate of drug-likeness (QED) is 0.497. The molecule has 2 aliphatic rings. The number of sulfonamides is 1. The number of aromatic hydroxyl groups is 1. The van der Waals surface area contributed by atoms with Gasteiger partial charge in [-0.1, -0.05) is 12.1 Å². The van der Waals surface area contributed by atoms with Crippen LogP contribution in [0.4, 0.5) is 0 Å². The van der Waals surface area contributed by atoms with E-state index in [0.717, 1.165) is 13.1 Å². The zero-order chi connectivity index (χ0) is 21.8. The van der Waals surface area contributed by atoms with Crippen LogP contribution in [0.5, 0.6) is 11.5 Å². The summed E-state index contributed by atoms with van der Waals surface area (Å²) in [5, 5.41) is 16.0. The molecule has 0 bridgehead atoms. The molecule has 1 saturated heterocycles. The molecule has 4 rings (SSSR count). The molecule has 0 aliphatic carbocycles. The number of halogens is 1. The Morgan fingerprint density at radius 3 is 2.75 bits per heavy atom. The molecule has 2 aromatic rings. The number of hydrazone groups is 1. The van der Waals surface area contributed by atoms with E-state index in [-0.39, 0.29) is 23.1 Å². The van der Waals surface area contributed by atoms with Crippen molar-refractivity contribution in [3.63, 3.8) is 0 Å². The first-order chi connectivity index (χ1) is 15.0. The molecule has 2 aromatic carbocycles. The lowest BCUT2D eigenvalue weighted by atomic mass is 10.2. The van der Waals surface area contributed by atoms with E-state index in [1.54, 1.807) is 47.6 Å². The third-order valence-corrected chi connectivity index (χ3v) is 6.46. The van der Waals surface area contributed by atoms with Crippen molar-refractivity contribution in [3.05, 3.63) is 53.6 Å². The van der Waals surface area contributed by atoms with Crippen molar-refractivity contribution in [2.24, 2.45) is 9.50 Å². The molecule has 9 nitrogen and oxygen atoms in total. The molecule has 1 fully saturated rings. The number of phenols is 1. The fraction of sp³-hybridized carbons (Fsp3) is 0.333. The van der Waals surface area contributed by atoms with Crippen LogP contribution in [0.15, 0.2) is 56.9 Å². The normalized spacial score (nSPS) is 17.5. The van der Waals surface area contributed by atoms with Crippen molar-refractivity contribution in [1.82, 2.24) is 9.91 Å². The number of rotatable bonds is 6. The van der Waals surface area contributed by atoms with E-state index in [2.05, 4.69) is 14.4 Å². The van der Waals surface area contributed by atoms with Gasteiger partial charge in [0.15, 0.2) is 17.3 Å². The van der Waals surface area contributed by atoms with E-state index in [4.69, 9.17) is 9.47 Å². The third-order valence-electron chi connectivity index (χ3n) is 5.14. The molecule has 2 aliphatic heterocycles. The monoisotopic (exact) mass is 480 g/mol. The Hall–Kier alpha value is -2.66. The molecule has 0 amide bonds. The summed E-state index contributed by atoms with van der Waals surface area (Å²) in [6.07, 6.45) is 1.59. The fourth-order valence-corrected chi connectivity index (χ4v) is 4.67. The van der Waals surface area contributed by atoms with Gasteiger partial charge in [-0.05, 0) is 35.9 Å². The van der Waals surface area contributed by atoms with E-state index in [0.29, 0.717) is 49.0 Å². The number of hydrogen-bond donors (Lipinski definition) is 1. The highest BCUT2D eigenvalue weighted by atomic mass is 35.5. The smallest absolute Gasteiger partial charge is 0.285 e. The van der Waals surface area contributed by atoms with Crippen LogP contribution in [0.2, 0.25) is 0 Å². The predicted molar refractivity (Wildman–Crippen MR) is 124 cm³/mol. The maximum Gasteiger partial charge on any atom is 0.285 e. The summed E-state index contributed by atoms with van der Waals surface area (Å²) >= 11 is 0. The van der Waals surface area contributed by atoms with E-state index in [1.807, 2.05) is 0 Å². The van der Waals surface area contributed by atoms with Crippen LogP contribution in [0, 0.1) is 0 Å². The molecule has 0 radical (unpaired) electrons. The number of fused-ring (bicyclic) bond motifs is 1. The summed E-state index contributed by atoms with van der Waals surface area (Å²) in [5.74, 6) is 0.657. The Morgan fingerprint density at radius 2 is 2.00 bits per heavy atom. The molecule has 172 valence electrons. The predicted octanol–water partition coefficient (Wildman–Crippen LogP) is 1.94. The highest BCUT2D eigenvalue weighted by Crippen LogP contribution is 2.28. The van der Waals surface area contributed by atoms with Gasteiger partial charge in [0.05, 0.1) is 33.1 Å². The summed E-state index contributed by atoms with van der Waals surface area (Å²) in [5.41, 5.74) is 1.23. The summed E-state index contributed by atoms with van der Waals surface area (Å²) < 4.78 is 39.6. The van der Waals surface area contributed by atoms with Crippen LogP contribution < -0.4 is 4.74 Å². The molecule has 11 heteroatoms. The number of benzene rings is 2. The van der Waals surface area contributed by atoms with Gasteiger partial charge in [-0.25, -0.2) is 5.01 Å². The minimum atomic E-state index is -3.76. The number of methoxy groups -OCH3 is 1. The van der Waals surface area contributed by atoms with Crippen molar-refractivity contribution in [1.29, 1.82) is 0 Å². The Labute approximate surface area is 193 Å². The molecule has 1 N–H and O–H groups in total. The van der Waals surface area contributed by atoms with Crippen LogP contribution in [-0.4, -0.2) is 82.0 Å². The number of ether oxygens (including phenoxy) is 2. The van der Waals surface area contributed by atoms with E-state index in [9.17, 15) is 13.5 Å². The van der Waals surface area contributed by atoms with Gasteiger partial charge in [0.2, 0.25) is 0 Å². The van der Waals surface area contributed by atoms with Crippen LogP contribution in [0.3, 0.4) is 0 Å². The van der Waals surface area contributed by atoms with Crippen molar-refractivity contribution < 1.29 is 23.0 Å². The van der Waals surface area contributed by atoms with Gasteiger partial charge < -0.3 is 14.6 Å². The molecular formula is C21H25ClN4O5S. The molecule has 0 unspecified atom stereocenters. The fourth-order valence-electron chi connectivity index (χ4n) is 3.46. The topological polar surface area (TPSA) is 104 Å². The van der Waals surface area contributed by atoms with Gasteiger partial charge in [-0.3, -0.25) is 4.90 Å². The number of amidine groups is 1. The average Bonchev–Trinajstić information content (AvgIpc) is 3.06. The zero-order valence-electron chi connectivity index (χ0n) is 17.5. The molecule has 0 aromatic heterocycles. The van der Waals surface area contributed by atoms with Gasteiger partial charge >= 0.3 is 0 Å². The number of hydrogen-bond acceptors (Lipinski definition) is 8. The maximum atomic E-state index is 12.5. The zero-order valence-corrected chi connectivity index (χ0v) is 19.2. The van der Waals surface area contributed by atoms with E-state index in [1.165, 1.54) is 13.2 Å². The lowest BCUT2D eigenvalue weighted by Gasteiger charge is -2.28. The molecule has 32 heavy (non-hydrogen) atoms. The Kier molecular flexibility index (Phi) is 7.73. The van der Waals surface area contributed by atoms with Crippen LogP contribution >= 0.6 is 12.4 Å². The van der Waals surface area contributed by atoms with Gasteiger partial charge in [-0.2, -0.15) is 13.5 Å². The number of morpholine rings is 1. The molecule has 2 heterocycles. The second-order valence-corrected chi connectivity index (χ2v) is 8.71. The second-order valence-electron chi connectivity index (χ2n) is 7.14. The summed E-state index contributed by atoms with van der Waals surface area (Å²) in [4.78, 5) is 2.42. The minimum absolute atomic E-state index is 0. The van der Waals surface area contributed by atoms with Crippen molar-refractivity contribution in [2.75, 3.05) is 46.5 Å². The molecule has 0 saturated carbocycles. The van der Waals surface area contributed by atoms with Gasteiger partial charge in [-0.15, -0.1) is 16.8 Å². The van der Waals surface area contributed by atoms with E-state index < -0.39 is 10.0 Å². The van der Waals surface area contributed by atoms with Crippen molar-refractivity contribution in [3.8, 4) is 11.5 Å². The standard InChI is InChI=1S/C21H24N4O5S.ClH/c1-29-19-14-16(6-7-18(19)26)15-22-25(9-8-24-10-12-30-13-11-24)21-17-4-2-3-5-20(17)31(27,28)23-21;/h2-7,14-15,26H,8-13H2,1H3;1H/b22-15+;. The largest absolute Gasteiger partial charge is 0.504 e. The highest BCUT2D eigenvalue weighted by molar-refractivity contribution is 7.90. The van der Waals surface area contributed by atoms with Gasteiger partial charge in [0.25, 0.3) is 10.0 Å². The average molecular weight is 481 g/mol. The lowest BCUT2D eigenvalue weighted by molar-refractivity contribution is 0.0360. The van der Waals surface area contributed by atoms with E-state index >= 15 is 0 Å². The Morgan fingerprint density at radius 1 is 1.25 bits per heavy atom. The lowest BCUT2D eigenvalue weighted by Crippen LogP contribution is -2.41. The molecule has 0 spiro atoms. The van der Waals surface area contributed by atoms with Crippen molar-refractivity contribution in [2.45, 2.75) is 4.90 Å². The highest BCUT2D eigenvalue weighted by Gasteiger charge is 2.31. The van der Waals surface area contributed by atoms with Crippen molar-refractivity contribution >= 4 is 34.5 Å². The first-order valence-corrected chi connectivity index (χ1v) is 11.3. The summed E-state index contributed by atoms with van der Waals surface area (Å²) in [7, 11) is -2.28. The molecule has 0 atom stereocenters. The summed E-state index contributed by atoms with van der Waals surface area (Å²) in [6.45, 7) is 4.11. The maximum absolute atomic E-state index is 12.5. The number of nitrogens with zero attached hydrogens (tertiary/aromatic N) is 4. The van der Waals surface area contributed by atoms with Gasteiger partial charge in [0, 0.05) is 25.2 Å². The molecular weight excluding hydrogens is 456 g/mol. The third kappa shape index (κ3) is 5.21. The van der Waals surface area contributed by atoms with Gasteiger partial charge in [0.1, 0.15) is 4.90 Å². The Bertz CT molecular complexity index is 1120. The van der Waals surface area contributed by atoms with Crippen LogP contribution in [0.1, 0.15) is 11.1 Å². The second kappa shape index (κ2) is 10.3. The van der Waals surface area contributed by atoms with Crippen LogP contribution in [-0.2, 0) is 14.8 Å². The summed E-state index contributed by atoms with van der Waals surface area (Å²) in [6, 6.07) is 11.6. The number of phenolic OH excluding ortho intramolecular Hbond substituents is 1. The van der Waals surface area contributed by atoms with Crippen LogP contribution in [0.25, 0.3) is 0 Å². The first kappa shape index (κ1) is 24.0. The Balaban J connectivity index is 0.00000289. The minimum Gasteiger partial charge on any atom is -0.504 e.